The van der Waals surface area contributed by atoms with Crippen molar-refractivity contribution in [2.75, 3.05) is 26.7 Å². The minimum Gasteiger partial charge on any atom is -0.485 e. The standard InChI is InChI=1S/C76H116Cl2N10O21/c1-5-6-7-8-15-81-29-42-48(91)27-41-55(64(42)95)40-22-34(9-12-47(40)90)57-71(101)88-61(75(105)86-59(41)73(103)83-56-37-18-32-17-33(20-37)21-38(56)19-32)63(94)36-11-14-50(44(78)24-36)107-52-26-39-25-51(68(52)109-76-67(98)66(97)65(96)53(30-89)108-76)106-49-13-10-35(23-43(49)77)62(93)60(87-69(99)45(80-4)16-31(2)3)74(104)82-46(28-54(79)92)70(100)84-58(39)72(102)85-57/h25-26,31-38,40-50,53,55-67,76,80-81,89-91,93-98H,5-24,27-30H2,1-4H3,(H2,79,92)(H,82,104)(H,83,103)(H,84,100)(H,85,102)(H,86,105)(H,87,99)(H,88,101)/t32?,33?,34-,35-,36-,37?,38?,40?,41?,42?,43+,44?,45+,46-,47+,48?,49+,50+,53+,55?,56?,57+,58+,59-,60+,61-,62+,63+,64-,65+,66-,67+,76-/m0/s1. The number of fused-ring (bicyclic) bond motifs is 15. The zero-order chi connectivity index (χ0) is 78.1. The summed E-state index contributed by atoms with van der Waals surface area (Å²) in [7, 11) is 1.54. The van der Waals surface area contributed by atoms with Crippen LogP contribution in [0.4, 0.5) is 0 Å². The number of amides is 8. The van der Waals surface area contributed by atoms with Gasteiger partial charge in [-0.2, -0.15) is 0 Å². The maximum absolute atomic E-state index is 16.4. The van der Waals surface area contributed by atoms with E-state index in [2.05, 4.69) is 54.8 Å². The lowest BCUT2D eigenvalue weighted by Crippen LogP contribution is -2.68. The number of primary amides is 1. The van der Waals surface area contributed by atoms with Gasteiger partial charge < -0.3 is 118 Å². The van der Waals surface area contributed by atoms with Gasteiger partial charge in [0.1, 0.15) is 72.9 Å². The molecular weight excluding hydrogens is 1460 g/mol. The van der Waals surface area contributed by atoms with Crippen molar-refractivity contribution < 1.29 is 103 Å². The van der Waals surface area contributed by atoms with Crippen molar-refractivity contribution in [1.82, 2.24) is 47.9 Å². The number of hydrogen-bond donors (Lipinski definition) is 19. The monoisotopic (exact) mass is 1570 g/mol. The molecule has 15 bridgehead atoms. The van der Waals surface area contributed by atoms with Gasteiger partial charge in [0.2, 0.25) is 59.3 Å². The van der Waals surface area contributed by atoms with Crippen LogP contribution in [0, 0.1) is 71.0 Å². The molecule has 109 heavy (non-hydrogen) atoms. The SMILES string of the molecule is CCCCCCNCC1C(O)CC2C(C3C[C@H](CC[C@H]3O)[C@H]3NC(=O)[C@@H]4NC(=O)[C@H](CC(N)=O)NC(=O)[C@H](NC(=O)[C@@H](CC(C)C)NC)[C@H](O)[C@H]5CC[C@@H](Oc6cc4cc(c6O[C@@H]4O[C@H](CO)[C@@H](O)[C@H](O)[C@H]4O)O[C@@H]4CC[C@@H](CC4Cl)[C@@H](O)[C@H](NC3=O)C(=O)N[C@@H]2C(=O)NC2C3CC4CC(C3)CC2C4)[C@H](Cl)C5)[C@H]1O. The third-order valence-corrected chi connectivity index (χ3v) is 27.1. The second-order valence-corrected chi connectivity index (χ2v) is 35.1. The van der Waals surface area contributed by atoms with Crippen LogP contribution in [0.5, 0.6) is 17.2 Å². The van der Waals surface area contributed by atoms with Crippen LogP contribution < -0.4 is 67.8 Å². The van der Waals surface area contributed by atoms with Gasteiger partial charge in [0.15, 0.2) is 11.5 Å². The predicted octanol–water partition coefficient (Wildman–Crippen LogP) is -1.11. The van der Waals surface area contributed by atoms with E-state index in [4.69, 9.17) is 47.9 Å². The van der Waals surface area contributed by atoms with Gasteiger partial charge in [-0.1, -0.05) is 40.0 Å². The molecule has 2 saturated heterocycles. The Labute approximate surface area is 645 Å². The zero-order valence-corrected chi connectivity index (χ0v) is 64.0. The Morgan fingerprint density at radius 1 is 0.624 bits per heavy atom. The molecule has 0 aromatic heterocycles. The number of halogens is 2. The fraction of sp³-hybridized carbons (Fsp3) is 0.816. The van der Waals surface area contributed by atoms with E-state index in [0.717, 1.165) is 57.8 Å². The third-order valence-electron chi connectivity index (χ3n) is 26.2. The number of carbonyl (C=O) groups excluding carboxylic acids is 8. The van der Waals surface area contributed by atoms with Crippen molar-refractivity contribution in [3.05, 3.63) is 17.7 Å². The lowest BCUT2D eigenvalue weighted by atomic mass is 9.54. The topological polar surface area (TPSA) is 490 Å². The molecule has 6 unspecified atom stereocenters. The van der Waals surface area contributed by atoms with E-state index in [-0.39, 0.29) is 118 Å². The molecule has 6 heterocycles. The number of aliphatic hydroxyl groups is 9. The summed E-state index contributed by atoms with van der Waals surface area (Å²) in [6.45, 7) is 5.68. The first-order valence-electron chi connectivity index (χ1n) is 40.0. The normalized spacial score (nSPS) is 42.0. The number of likely N-dealkylation sites (N-methyl/N-ethyl adjacent to an activating group) is 1. The Kier molecular flexibility index (Phi) is 27.3. The summed E-state index contributed by atoms with van der Waals surface area (Å²) >= 11 is 14.8. The van der Waals surface area contributed by atoms with Gasteiger partial charge in [-0.25, -0.2) is 0 Å². The molecule has 0 radical (unpaired) electrons. The van der Waals surface area contributed by atoms with Crippen LogP contribution in [0.2, 0.25) is 0 Å². The lowest BCUT2D eigenvalue weighted by Gasteiger charge is -2.55. The van der Waals surface area contributed by atoms with Crippen molar-refractivity contribution in [2.45, 2.75) is 288 Å². The summed E-state index contributed by atoms with van der Waals surface area (Å²) in [6.07, 6.45) is -11.5. The van der Waals surface area contributed by atoms with Crippen LogP contribution in [-0.2, 0) is 43.1 Å². The maximum Gasteiger partial charge on any atom is 0.247 e. The van der Waals surface area contributed by atoms with Crippen molar-refractivity contribution in [3.8, 4) is 17.2 Å². The van der Waals surface area contributed by atoms with Gasteiger partial charge in [0.25, 0.3) is 0 Å². The highest BCUT2D eigenvalue weighted by molar-refractivity contribution is 6.21. The van der Waals surface area contributed by atoms with Crippen molar-refractivity contribution in [3.63, 3.8) is 0 Å². The number of aliphatic hydroxyl groups excluding tert-OH is 9. The van der Waals surface area contributed by atoms with Crippen LogP contribution in [0.3, 0.4) is 0 Å². The molecular formula is C76H116Cl2N10O21. The van der Waals surface area contributed by atoms with Crippen molar-refractivity contribution in [2.24, 2.45) is 76.7 Å². The molecule has 8 amide bonds. The number of alkyl halides is 2. The van der Waals surface area contributed by atoms with Gasteiger partial charge in [-0.15, -0.1) is 23.2 Å². The van der Waals surface area contributed by atoms with Gasteiger partial charge in [-0.3, -0.25) is 38.4 Å². The minimum absolute atomic E-state index is 0.00421. The van der Waals surface area contributed by atoms with Gasteiger partial charge in [0.05, 0.1) is 60.3 Å². The van der Waals surface area contributed by atoms with E-state index in [1.54, 1.807) is 7.05 Å². The van der Waals surface area contributed by atoms with E-state index >= 15 is 28.8 Å². The first kappa shape index (κ1) is 82.9. The highest BCUT2D eigenvalue weighted by atomic mass is 35.5. The number of benzene rings is 1. The predicted molar refractivity (Wildman–Crippen MR) is 392 cm³/mol. The van der Waals surface area contributed by atoms with Gasteiger partial charge >= 0.3 is 0 Å². The number of ether oxygens (including phenoxy) is 4. The van der Waals surface area contributed by atoms with Gasteiger partial charge in [-0.05, 0) is 206 Å². The average Bonchev–Trinajstić information content (AvgIpc) is 0.757. The van der Waals surface area contributed by atoms with E-state index in [1.807, 2.05) is 13.8 Å². The molecule has 20 N–H and O–H groups in total. The average molecular weight is 1580 g/mol. The fourth-order valence-electron chi connectivity index (χ4n) is 20.6. The molecule has 31 nitrogen and oxygen atoms in total. The quantitative estimate of drug-likeness (QED) is 0.0577. The number of nitrogens with two attached hydrogens (primary N) is 1. The molecule has 10 fully saturated rings. The van der Waals surface area contributed by atoms with E-state index in [9.17, 15) is 55.5 Å². The Morgan fingerprint density at radius 2 is 1.25 bits per heavy atom. The van der Waals surface area contributed by atoms with Crippen molar-refractivity contribution >= 4 is 70.5 Å². The molecule has 1 aromatic rings. The molecule has 0 spiro atoms. The van der Waals surface area contributed by atoms with E-state index in [0.29, 0.717) is 18.4 Å². The first-order valence-corrected chi connectivity index (χ1v) is 40.9. The summed E-state index contributed by atoms with van der Waals surface area (Å²) in [6, 6.07) is -9.83. The Bertz CT molecular complexity index is 3370. The molecule has 610 valence electrons. The number of nitrogens with one attached hydrogen (secondary N) is 9. The maximum atomic E-state index is 16.4. The molecule has 8 aliphatic carbocycles. The summed E-state index contributed by atoms with van der Waals surface area (Å²) in [5.41, 5.74) is 5.61. The van der Waals surface area contributed by atoms with Gasteiger partial charge in [0, 0.05) is 18.5 Å². The molecule has 15 rings (SSSR count). The highest BCUT2D eigenvalue weighted by Gasteiger charge is 2.58. The van der Waals surface area contributed by atoms with Crippen LogP contribution in [0.1, 0.15) is 167 Å². The molecule has 8 saturated carbocycles. The first-order chi connectivity index (χ1) is 52.0. The van der Waals surface area contributed by atoms with Crippen LogP contribution in [0.25, 0.3) is 0 Å². The summed E-state index contributed by atoms with van der Waals surface area (Å²) in [5, 5.41) is 132. The highest BCUT2D eigenvalue weighted by Crippen LogP contribution is 2.55. The summed E-state index contributed by atoms with van der Waals surface area (Å²) in [5.74, 6) is -14.7. The largest absolute Gasteiger partial charge is 0.485 e. The third kappa shape index (κ3) is 18.3. The smallest absolute Gasteiger partial charge is 0.247 e. The number of carbonyl (C=O) groups is 8. The number of rotatable bonds is 19. The molecule has 14 aliphatic rings. The number of hydrogen-bond acceptors (Lipinski definition) is 23. The Hall–Kier alpha value is -5.52. The zero-order valence-electron chi connectivity index (χ0n) is 62.5. The second-order valence-electron chi connectivity index (χ2n) is 34.0. The number of unbranched alkanes of at least 4 members (excludes halogenated alkanes) is 3. The van der Waals surface area contributed by atoms with Crippen LogP contribution in [0.15, 0.2) is 12.1 Å². The second kappa shape index (κ2) is 35.9. The van der Waals surface area contributed by atoms with Crippen LogP contribution >= 0.6 is 23.2 Å². The summed E-state index contributed by atoms with van der Waals surface area (Å²) in [4.78, 5) is 122. The lowest BCUT2D eigenvalue weighted by molar-refractivity contribution is -0.278. The Balaban J connectivity index is 0.996. The Morgan fingerprint density at radius 3 is 1.85 bits per heavy atom. The molecule has 1 aromatic carbocycles. The fourth-order valence-corrected chi connectivity index (χ4v) is 21.4. The molecule has 33 heteroatoms. The van der Waals surface area contributed by atoms with E-state index in [1.165, 1.54) is 12.1 Å². The minimum atomic E-state index is -2.12. The molecule has 28 atom stereocenters. The summed E-state index contributed by atoms with van der Waals surface area (Å²) < 4.78 is 26.2. The van der Waals surface area contributed by atoms with E-state index < -0.39 is 234 Å². The van der Waals surface area contributed by atoms with Crippen molar-refractivity contribution in [1.29, 1.82) is 0 Å². The van der Waals surface area contributed by atoms with Crippen LogP contribution in [-0.4, -0.2) is 246 Å². The molecule has 6 aliphatic heterocycles.